The Bertz CT molecular complexity index is 213. The summed E-state index contributed by atoms with van der Waals surface area (Å²) in [7, 11) is 5.20. The number of hydrogen-bond acceptors (Lipinski definition) is 2. The van der Waals surface area contributed by atoms with Crippen LogP contribution < -0.4 is 15.6 Å². The van der Waals surface area contributed by atoms with Gasteiger partial charge in [-0.15, -0.1) is 7.05 Å². The van der Waals surface area contributed by atoms with Crippen molar-refractivity contribution in [2.75, 3.05) is 12.5 Å². The Balaban J connectivity index is 0.00000121. The normalized spacial score (nSPS) is 9.27. The van der Waals surface area contributed by atoms with E-state index in [9.17, 15) is 0 Å². The molecule has 1 aromatic rings. The fraction of sp³-hybridized carbons (Fsp3) is 0.125. The van der Waals surface area contributed by atoms with Crippen LogP contribution in [0.15, 0.2) is 24.3 Å². The molecule has 62 valence electrons. The molecule has 0 saturated carbocycles. The van der Waals surface area contributed by atoms with Gasteiger partial charge in [-0.25, -0.2) is 0 Å². The van der Waals surface area contributed by atoms with E-state index in [2.05, 4.69) is 12.5 Å². The molecule has 0 aromatic heterocycles. The van der Waals surface area contributed by atoms with Crippen molar-refractivity contribution in [3.05, 3.63) is 31.3 Å². The third-order valence-corrected chi connectivity index (χ3v) is 1.36. The fourth-order valence-corrected chi connectivity index (χ4v) is 0.805. The first kappa shape index (κ1) is 7.88. The SMILES string of the molecule is [CH2-][NH2+]Nc1ccc(OC)cc1.[HH]. The molecular weight excluding hydrogens is 140 g/mol. The molecule has 3 nitrogen and oxygen atoms in total. The summed E-state index contributed by atoms with van der Waals surface area (Å²) < 4.78 is 4.99. The Kier molecular flexibility index (Phi) is 2.74. The molecule has 0 aliphatic heterocycles. The maximum atomic E-state index is 4.99. The van der Waals surface area contributed by atoms with Crippen molar-refractivity contribution in [3.8, 4) is 5.75 Å². The largest absolute Gasteiger partial charge is 0.497 e. The molecule has 0 spiro atoms. The number of nitrogen functional groups attached to an aromatic ring is 1. The van der Waals surface area contributed by atoms with Crippen LogP contribution in [0.25, 0.3) is 0 Å². The molecule has 1 aromatic carbocycles. The van der Waals surface area contributed by atoms with Crippen LogP contribution >= 0.6 is 0 Å². The summed E-state index contributed by atoms with van der Waals surface area (Å²) in [6.07, 6.45) is 0. The van der Waals surface area contributed by atoms with Crippen molar-refractivity contribution in [2.24, 2.45) is 0 Å². The second-order valence-corrected chi connectivity index (χ2v) is 2.08. The number of rotatable bonds is 3. The highest BCUT2D eigenvalue weighted by atomic mass is 16.5. The standard InChI is InChI=1S/C8H12N2O.H2/c1-9-10-7-3-5-8(11-2)6-4-7;/h3-6,10H,1,9H2,2H3;1H. The number of hydrogen-bond donors (Lipinski definition) is 2. The van der Waals surface area contributed by atoms with Crippen molar-refractivity contribution < 1.29 is 11.6 Å². The van der Waals surface area contributed by atoms with Crippen LogP contribution in [0.4, 0.5) is 5.69 Å². The Labute approximate surface area is 67.8 Å². The molecule has 3 heteroatoms. The topological polar surface area (TPSA) is 37.9 Å². The second-order valence-electron chi connectivity index (χ2n) is 2.08. The number of benzene rings is 1. The van der Waals surface area contributed by atoms with Gasteiger partial charge in [-0.1, -0.05) is 0 Å². The minimum absolute atomic E-state index is 0. The van der Waals surface area contributed by atoms with Crippen LogP contribution in [0, 0.1) is 7.05 Å². The van der Waals surface area contributed by atoms with E-state index < -0.39 is 0 Å². The zero-order valence-corrected chi connectivity index (χ0v) is 6.50. The van der Waals surface area contributed by atoms with Crippen molar-refractivity contribution in [2.45, 2.75) is 0 Å². The lowest BCUT2D eigenvalue weighted by molar-refractivity contribution is -0.563. The van der Waals surface area contributed by atoms with Gasteiger partial charge in [0, 0.05) is 1.43 Å². The maximum absolute atomic E-state index is 4.99. The van der Waals surface area contributed by atoms with Gasteiger partial charge in [0.25, 0.3) is 0 Å². The van der Waals surface area contributed by atoms with Crippen LogP contribution in [0.3, 0.4) is 0 Å². The van der Waals surface area contributed by atoms with Gasteiger partial charge in [-0.2, -0.15) is 0 Å². The fourth-order valence-electron chi connectivity index (χ4n) is 0.805. The van der Waals surface area contributed by atoms with Gasteiger partial charge in [0.2, 0.25) is 0 Å². The maximum Gasteiger partial charge on any atom is 0.119 e. The monoisotopic (exact) mass is 154 g/mol. The van der Waals surface area contributed by atoms with E-state index in [1.807, 2.05) is 24.3 Å². The Morgan fingerprint density at radius 3 is 2.55 bits per heavy atom. The lowest BCUT2D eigenvalue weighted by Gasteiger charge is -2.04. The van der Waals surface area contributed by atoms with Gasteiger partial charge in [0.05, 0.1) is 12.8 Å². The van der Waals surface area contributed by atoms with Crippen LogP contribution in [-0.4, -0.2) is 7.11 Å². The minimum Gasteiger partial charge on any atom is -0.497 e. The minimum atomic E-state index is 0. The van der Waals surface area contributed by atoms with Gasteiger partial charge in [0.15, 0.2) is 0 Å². The predicted octanol–water partition coefficient (Wildman–Crippen LogP) is 0.623. The van der Waals surface area contributed by atoms with Gasteiger partial charge < -0.3 is 10.2 Å². The Hall–Kier alpha value is -1.22. The van der Waals surface area contributed by atoms with Gasteiger partial charge >= 0.3 is 0 Å². The van der Waals surface area contributed by atoms with Crippen molar-refractivity contribution in [3.63, 3.8) is 0 Å². The molecule has 1 rings (SSSR count). The highest BCUT2D eigenvalue weighted by Crippen LogP contribution is 2.13. The summed E-state index contributed by atoms with van der Waals surface area (Å²) in [5.74, 6) is 0.861. The van der Waals surface area contributed by atoms with Crippen LogP contribution in [-0.2, 0) is 0 Å². The Morgan fingerprint density at radius 1 is 1.45 bits per heavy atom. The zero-order valence-electron chi connectivity index (χ0n) is 6.50. The predicted molar refractivity (Wildman–Crippen MR) is 46.0 cm³/mol. The van der Waals surface area contributed by atoms with Crippen molar-refractivity contribution >= 4 is 5.69 Å². The third kappa shape index (κ3) is 2.13. The van der Waals surface area contributed by atoms with E-state index in [0.29, 0.717) is 0 Å². The summed E-state index contributed by atoms with van der Waals surface area (Å²) >= 11 is 0. The molecule has 11 heavy (non-hydrogen) atoms. The molecule has 3 N–H and O–H groups in total. The van der Waals surface area contributed by atoms with Gasteiger partial charge in [0.1, 0.15) is 5.75 Å². The number of nitrogens with two attached hydrogens (primary N) is 1. The zero-order chi connectivity index (χ0) is 8.10. The number of quaternary nitrogens is 1. The van der Waals surface area contributed by atoms with E-state index >= 15 is 0 Å². The van der Waals surface area contributed by atoms with E-state index in [1.165, 1.54) is 0 Å². The van der Waals surface area contributed by atoms with Crippen molar-refractivity contribution in [1.82, 2.24) is 0 Å². The van der Waals surface area contributed by atoms with Crippen molar-refractivity contribution in [1.29, 1.82) is 0 Å². The summed E-state index contributed by atoms with van der Waals surface area (Å²) in [5, 5.41) is 0. The number of methoxy groups -OCH3 is 1. The lowest BCUT2D eigenvalue weighted by atomic mass is 10.3. The number of anilines is 1. The number of ether oxygens (including phenoxy) is 1. The Morgan fingerprint density at radius 2 is 2.09 bits per heavy atom. The van der Waals surface area contributed by atoms with Crippen LogP contribution in [0.2, 0.25) is 0 Å². The molecule has 0 saturated heterocycles. The molecule has 0 radical (unpaired) electrons. The quantitative estimate of drug-likeness (QED) is 0.380. The molecule has 0 heterocycles. The van der Waals surface area contributed by atoms with E-state index in [-0.39, 0.29) is 1.43 Å². The summed E-state index contributed by atoms with van der Waals surface area (Å²) in [6.45, 7) is 0. The smallest absolute Gasteiger partial charge is 0.119 e. The molecule has 0 fully saturated rings. The first-order chi connectivity index (χ1) is 5.36. The first-order valence-electron chi connectivity index (χ1n) is 3.38. The highest BCUT2D eigenvalue weighted by molar-refractivity contribution is 5.43. The average Bonchev–Trinajstić information content (AvgIpc) is 2.07. The third-order valence-electron chi connectivity index (χ3n) is 1.36. The molecular formula is C8H14N2O. The summed E-state index contributed by atoms with van der Waals surface area (Å²) in [5.41, 5.74) is 5.62. The number of nitrogens with one attached hydrogen (secondary N) is 1. The lowest BCUT2D eigenvalue weighted by Crippen LogP contribution is -2.81. The van der Waals surface area contributed by atoms with E-state index in [0.717, 1.165) is 11.4 Å². The second kappa shape index (κ2) is 3.83. The highest BCUT2D eigenvalue weighted by Gasteiger charge is 1.90. The molecule has 0 aliphatic rings. The van der Waals surface area contributed by atoms with E-state index in [1.54, 1.807) is 12.5 Å². The summed E-state index contributed by atoms with van der Waals surface area (Å²) in [6, 6.07) is 7.65. The van der Waals surface area contributed by atoms with Crippen LogP contribution in [0.1, 0.15) is 1.43 Å². The molecule has 0 bridgehead atoms. The molecule has 0 atom stereocenters. The van der Waals surface area contributed by atoms with Gasteiger partial charge in [-0.3, -0.25) is 5.43 Å². The first-order valence-corrected chi connectivity index (χ1v) is 3.38. The van der Waals surface area contributed by atoms with Gasteiger partial charge in [-0.05, 0) is 24.3 Å². The average molecular weight is 154 g/mol. The summed E-state index contributed by atoms with van der Waals surface area (Å²) in [4.78, 5) is 0. The van der Waals surface area contributed by atoms with E-state index in [4.69, 9.17) is 4.74 Å². The molecule has 0 aliphatic carbocycles. The molecule has 0 unspecified atom stereocenters. The van der Waals surface area contributed by atoms with Crippen LogP contribution in [0.5, 0.6) is 5.75 Å². The molecule has 0 amide bonds.